The topological polar surface area (TPSA) is 68.8 Å². The summed E-state index contributed by atoms with van der Waals surface area (Å²) in [5.41, 5.74) is 1.79. The van der Waals surface area contributed by atoms with E-state index in [4.69, 9.17) is 14.2 Å². The molecule has 0 atom stereocenters. The molecule has 0 bridgehead atoms. The molecule has 1 amide bonds. The van der Waals surface area contributed by atoms with Crippen molar-refractivity contribution >= 4 is 21.8 Å². The molecule has 150 valence electrons. The Hall–Kier alpha value is -2.25. The smallest absolute Gasteiger partial charge is 0.258 e. The number of ether oxygens (including phenoxy) is 3. The molecule has 3 rings (SSSR count). The van der Waals surface area contributed by atoms with Crippen LogP contribution in [0.1, 0.15) is 31.9 Å². The van der Waals surface area contributed by atoms with Gasteiger partial charge in [0.25, 0.3) is 5.91 Å². The normalized spacial score (nSPS) is 12.7. The fourth-order valence-electron chi connectivity index (χ4n) is 2.82. The molecule has 0 saturated heterocycles. The van der Waals surface area contributed by atoms with E-state index in [0.29, 0.717) is 18.8 Å². The first-order chi connectivity index (χ1) is 13.3. The molecule has 0 radical (unpaired) electrons. The van der Waals surface area contributed by atoms with Crippen LogP contribution in [0.15, 0.2) is 40.9 Å². The summed E-state index contributed by atoms with van der Waals surface area (Å²) in [6.45, 7) is 7.35. The summed E-state index contributed by atoms with van der Waals surface area (Å²) in [7, 11) is 0. The summed E-state index contributed by atoms with van der Waals surface area (Å²) < 4.78 is 17.5. The lowest BCUT2D eigenvalue weighted by Gasteiger charge is -2.21. The largest absolute Gasteiger partial charge is 0.483 e. The Bertz CT molecular complexity index is 849. The van der Waals surface area contributed by atoms with Crippen molar-refractivity contribution < 1.29 is 19.0 Å². The molecule has 0 aromatic heterocycles. The van der Waals surface area contributed by atoms with Crippen LogP contribution in [-0.2, 0) is 17.9 Å². The van der Waals surface area contributed by atoms with Gasteiger partial charge in [0.15, 0.2) is 18.1 Å². The highest BCUT2D eigenvalue weighted by Crippen LogP contribution is 2.32. The maximum atomic E-state index is 12.0. The molecule has 6 nitrogen and oxygen atoms in total. The molecule has 1 aliphatic heterocycles. The number of carbonyl (C=O) groups excluding carboxylic acids is 1. The maximum Gasteiger partial charge on any atom is 0.258 e. The molecule has 2 aromatic rings. The monoisotopic (exact) mass is 448 g/mol. The molecule has 7 heteroatoms. The van der Waals surface area contributed by atoms with E-state index < -0.39 is 0 Å². The van der Waals surface area contributed by atoms with Gasteiger partial charge in [0.1, 0.15) is 5.75 Å². The van der Waals surface area contributed by atoms with Crippen LogP contribution in [-0.4, -0.2) is 24.8 Å². The van der Waals surface area contributed by atoms with Gasteiger partial charge in [0, 0.05) is 28.7 Å². The van der Waals surface area contributed by atoms with Crippen molar-refractivity contribution in [2.24, 2.45) is 0 Å². The minimum Gasteiger partial charge on any atom is -0.483 e. The average Bonchev–Trinajstić information content (AvgIpc) is 3.07. The molecular formula is C21H25BrN2O4. The average molecular weight is 449 g/mol. The summed E-state index contributed by atoms with van der Waals surface area (Å²) >= 11 is 3.49. The lowest BCUT2D eigenvalue weighted by atomic mass is 10.1. The Balaban J connectivity index is 1.57. The van der Waals surface area contributed by atoms with Crippen molar-refractivity contribution in [1.29, 1.82) is 0 Å². The Kier molecular flexibility index (Phi) is 6.46. The number of hydrogen-bond donors (Lipinski definition) is 2. The van der Waals surface area contributed by atoms with Crippen LogP contribution in [0.4, 0.5) is 0 Å². The van der Waals surface area contributed by atoms with Crippen molar-refractivity contribution in [1.82, 2.24) is 10.6 Å². The predicted molar refractivity (Wildman–Crippen MR) is 111 cm³/mol. The van der Waals surface area contributed by atoms with Gasteiger partial charge in [-0.25, -0.2) is 0 Å². The third-order valence-electron chi connectivity index (χ3n) is 3.98. The number of fused-ring (bicyclic) bond motifs is 1. The first-order valence-corrected chi connectivity index (χ1v) is 9.91. The van der Waals surface area contributed by atoms with E-state index in [0.717, 1.165) is 27.1 Å². The van der Waals surface area contributed by atoms with E-state index in [-0.39, 0.29) is 24.8 Å². The van der Waals surface area contributed by atoms with Crippen molar-refractivity contribution in [3.8, 4) is 17.2 Å². The van der Waals surface area contributed by atoms with Crippen LogP contribution < -0.4 is 24.8 Å². The first kappa shape index (κ1) is 20.5. The number of carbonyl (C=O) groups is 1. The molecular weight excluding hydrogens is 424 g/mol. The van der Waals surface area contributed by atoms with E-state index in [9.17, 15) is 4.79 Å². The Morgan fingerprint density at radius 3 is 2.68 bits per heavy atom. The van der Waals surface area contributed by atoms with Crippen LogP contribution >= 0.6 is 15.9 Å². The Morgan fingerprint density at radius 1 is 1.11 bits per heavy atom. The number of benzene rings is 2. The SMILES string of the molecule is CC(C)(C)NC(=O)COc1ccc(Br)cc1CNCc1ccc2c(c1)OCO2. The van der Waals surface area contributed by atoms with Gasteiger partial charge in [-0.05, 0) is 56.7 Å². The van der Waals surface area contributed by atoms with Gasteiger partial charge >= 0.3 is 0 Å². The molecule has 1 heterocycles. The van der Waals surface area contributed by atoms with E-state index in [1.165, 1.54) is 0 Å². The van der Waals surface area contributed by atoms with E-state index in [1.54, 1.807) is 0 Å². The zero-order valence-corrected chi connectivity index (χ0v) is 17.9. The van der Waals surface area contributed by atoms with Crippen LogP contribution in [0, 0.1) is 0 Å². The highest BCUT2D eigenvalue weighted by atomic mass is 79.9. The second kappa shape index (κ2) is 8.84. The zero-order chi connectivity index (χ0) is 20.1. The van der Waals surface area contributed by atoms with Gasteiger partial charge in [-0.3, -0.25) is 4.79 Å². The lowest BCUT2D eigenvalue weighted by Crippen LogP contribution is -2.43. The summed E-state index contributed by atoms with van der Waals surface area (Å²) in [4.78, 5) is 12.0. The molecule has 2 aromatic carbocycles. The van der Waals surface area contributed by atoms with Gasteiger partial charge in [0.05, 0.1) is 0 Å². The van der Waals surface area contributed by atoms with Gasteiger partial charge in [-0.1, -0.05) is 22.0 Å². The Morgan fingerprint density at radius 2 is 1.89 bits per heavy atom. The number of rotatable bonds is 7. The van der Waals surface area contributed by atoms with Crippen LogP contribution in [0.3, 0.4) is 0 Å². The van der Waals surface area contributed by atoms with Crippen LogP contribution in [0.2, 0.25) is 0 Å². The molecule has 0 unspecified atom stereocenters. The minimum absolute atomic E-state index is 0.0198. The van der Waals surface area contributed by atoms with Gasteiger partial charge in [0.2, 0.25) is 6.79 Å². The molecule has 28 heavy (non-hydrogen) atoms. The second-order valence-corrected chi connectivity index (χ2v) is 8.55. The maximum absolute atomic E-state index is 12.0. The molecule has 0 saturated carbocycles. The molecule has 0 fully saturated rings. The summed E-state index contributed by atoms with van der Waals surface area (Å²) in [5.74, 6) is 2.09. The van der Waals surface area contributed by atoms with Crippen molar-refractivity contribution in [2.75, 3.05) is 13.4 Å². The second-order valence-electron chi connectivity index (χ2n) is 7.63. The van der Waals surface area contributed by atoms with Crippen LogP contribution in [0.5, 0.6) is 17.2 Å². The number of nitrogens with one attached hydrogen (secondary N) is 2. The van der Waals surface area contributed by atoms with Crippen LogP contribution in [0.25, 0.3) is 0 Å². The number of hydrogen-bond acceptors (Lipinski definition) is 5. The fraction of sp³-hybridized carbons (Fsp3) is 0.381. The summed E-state index contributed by atoms with van der Waals surface area (Å²) in [6, 6.07) is 11.7. The molecule has 0 spiro atoms. The van der Waals surface area contributed by atoms with E-state index in [2.05, 4.69) is 26.6 Å². The Labute approximate surface area is 173 Å². The zero-order valence-electron chi connectivity index (χ0n) is 16.3. The summed E-state index contributed by atoms with van der Waals surface area (Å²) in [6.07, 6.45) is 0. The highest BCUT2D eigenvalue weighted by Gasteiger charge is 2.15. The molecule has 0 aliphatic carbocycles. The third-order valence-corrected chi connectivity index (χ3v) is 4.47. The van der Waals surface area contributed by atoms with Crippen molar-refractivity contribution in [2.45, 2.75) is 39.4 Å². The van der Waals surface area contributed by atoms with Gasteiger partial charge < -0.3 is 24.8 Å². The fourth-order valence-corrected chi connectivity index (χ4v) is 3.23. The molecule has 1 aliphatic rings. The standard InChI is InChI=1S/C21H25BrN2O4/c1-21(2,3)24-20(25)12-26-17-7-5-16(22)9-15(17)11-23-10-14-4-6-18-19(8-14)28-13-27-18/h4-9,23H,10-13H2,1-3H3,(H,24,25). The van der Waals surface area contributed by atoms with E-state index in [1.807, 2.05) is 57.2 Å². The third kappa shape index (κ3) is 5.87. The van der Waals surface area contributed by atoms with E-state index >= 15 is 0 Å². The molecule has 2 N–H and O–H groups in total. The quantitative estimate of drug-likeness (QED) is 0.674. The van der Waals surface area contributed by atoms with Gasteiger partial charge in [-0.15, -0.1) is 0 Å². The van der Waals surface area contributed by atoms with Crippen molar-refractivity contribution in [3.05, 3.63) is 52.0 Å². The predicted octanol–water partition coefficient (Wildman–Crippen LogP) is 3.76. The first-order valence-electron chi connectivity index (χ1n) is 9.12. The summed E-state index contributed by atoms with van der Waals surface area (Å²) in [5, 5.41) is 6.30. The minimum atomic E-state index is -0.283. The number of halogens is 1. The van der Waals surface area contributed by atoms with Crippen molar-refractivity contribution in [3.63, 3.8) is 0 Å². The lowest BCUT2D eigenvalue weighted by molar-refractivity contribution is -0.124. The highest BCUT2D eigenvalue weighted by molar-refractivity contribution is 9.10. The van der Waals surface area contributed by atoms with Gasteiger partial charge in [-0.2, -0.15) is 0 Å². The number of amides is 1.